The van der Waals surface area contributed by atoms with Crippen LogP contribution in [-0.4, -0.2) is 46.5 Å². The fourth-order valence-electron chi connectivity index (χ4n) is 3.25. The van der Waals surface area contributed by atoms with Crippen molar-refractivity contribution in [1.82, 2.24) is 15.3 Å². The average molecular weight is 374 g/mol. The zero-order valence-electron chi connectivity index (χ0n) is 13.4. The van der Waals surface area contributed by atoms with Crippen molar-refractivity contribution in [3.8, 4) is 0 Å². The molecule has 0 saturated heterocycles. The van der Waals surface area contributed by atoms with E-state index in [9.17, 15) is 18.0 Å². The number of carboxylic acid groups (broad SMARTS) is 1. The smallest absolute Gasteiger partial charge is 0.404 e. The number of aromatic nitrogens is 2. The number of alkyl halides is 3. The van der Waals surface area contributed by atoms with Crippen molar-refractivity contribution in [2.45, 2.75) is 43.9 Å². The number of nitrogens with zero attached hydrogens (tertiary/aromatic N) is 3. The molecule has 1 saturated carbocycles. The summed E-state index contributed by atoms with van der Waals surface area (Å²) in [6.07, 6.45) is -2.80. The van der Waals surface area contributed by atoms with E-state index in [4.69, 9.17) is 5.11 Å². The number of anilines is 1. The van der Waals surface area contributed by atoms with Crippen LogP contribution in [0.15, 0.2) is 12.4 Å². The maximum Gasteiger partial charge on any atom is 0.404 e. The van der Waals surface area contributed by atoms with Gasteiger partial charge < -0.3 is 15.3 Å². The summed E-state index contributed by atoms with van der Waals surface area (Å²) >= 11 is 1.02. The van der Waals surface area contributed by atoms with E-state index in [1.54, 1.807) is 0 Å². The van der Waals surface area contributed by atoms with Crippen LogP contribution in [-0.2, 0) is 6.42 Å². The van der Waals surface area contributed by atoms with Crippen LogP contribution in [0.2, 0.25) is 0 Å². The molecule has 1 aliphatic rings. The standard InChI is InChI=1S/C15H17F3N4O2S/c1-22(9-3-2-8(4-9)21-14(23)24)12-11-5-10(6-15(16,17)18)25-13(11)20-7-19-12/h5,7-9,21H,2-4,6H2,1H3,(H,23,24)/t8-,9+/m0/s1. The van der Waals surface area contributed by atoms with Gasteiger partial charge in [-0.05, 0) is 25.3 Å². The molecule has 1 amide bonds. The number of hydrogen-bond donors (Lipinski definition) is 2. The van der Waals surface area contributed by atoms with E-state index in [-0.39, 0.29) is 17.0 Å². The number of hydrogen-bond acceptors (Lipinski definition) is 5. The lowest BCUT2D eigenvalue weighted by Crippen LogP contribution is -2.35. The van der Waals surface area contributed by atoms with Crippen molar-refractivity contribution in [1.29, 1.82) is 0 Å². The number of rotatable bonds is 4. The number of fused-ring (bicyclic) bond motifs is 1. The number of thiophene rings is 1. The predicted molar refractivity (Wildman–Crippen MR) is 88.2 cm³/mol. The Kier molecular flexibility index (Phi) is 4.72. The van der Waals surface area contributed by atoms with E-state index < -0.39 is 18.7 Å². The van der Waals surface area contributed by atoms with Gasteiger partial charge in [-0.25, -0.2) is 14.8 Å². The Hall–Kier alpha value is -2.10. The monoisotopic (exact) mass is 374 g/mol. The molecule has 1 aliphatic carbocycles. The third-order valence-electron chi connectivity index (χ3n) is 4.35. The molecule has 2 N–H and O–H groups in total. The van der Waals surface area contributed by atoms with Gasteiger partial charge in [-0.1, -0.05) is 0 Å². The Bertz CT molecular complexity index is 780. The lowest BCUT2D eigenvalue weighted by atomic mass is 10.2. The summed E-state index contributed by atoms with van der Waals surface area (Å²) in [6, 6.07) is 1.45. The van der Waals surface area contributed by atoms with Gasteiger partial charge in [0.05, 0.1) is 11.8 Å². The molecule has 0 spiro atoms. The highest BCUT2D eigenvalue weighted by Gasteiger charge is 2.31. The van der Waals surface area contributed by atoms with E-state index in [0.717, 1.165) is 24.2 Å². The quantitative estimate of drug-likeness (QED) is 0.857. The second kappa shape index (κ2) is 6.66. The van der Waals surface area contributed by atoms with Gasteiger partial charge in [-0.2, -0.15) is 13.2 Å². The zero-order chi connectivity index (χ0) is 18.2. The number of nitrogens with one attached hydrogen (secondary N) is 1. The lowest BCUT2D eigenvalue weighted by Gasteiger charge is -2.26. The third kappa shape index (κ3) is 4.12. The summed E-state index contributed by atoms with van der Waals surface area (Å²) in [7, 11) is 1.83. The molecule has 136 valence electrons. The zero-order valence-corrected chi connectivity index (χ0v) is 14.2. The first-order valence-corrected chi connectivity index (χ1v) is 8.57. The maximum atomic E-state index is 12.6. The Labute approximate surface area is 145 Å². The first-order chi connectivity index (χ1) is 11.7. The van der Waals surface area contributed by atoms with Gasteiger partial charge in [0.15, 0.2) is 0 Å². The largest absolute Gasteiger partial charge is 0.465 e. The molecule has 2 aromatic rings. The van der Waals surface area contributed by atoms with Crippen molar-refractivity contribution >= 4 is 33.5 Å². The summed E-state index contributed by atoms with van der Waals surface area (Å²) in [6.45, 7) is 0. The topological polar surface area (TPSA) is 78.4 Å². The number of carbonyl (C=O) groups is 1. The molecule has 0 aliphatic heterocycles. The van der Waals surface area contributed by atoms with E-state index in [1.165, 1.54) is 12.4 Å². The van der Waals surface area contributed by atoms with Crippen LogP contribution in [0, 0.1) is 0 Å². The van der Waals surface area contributed by atoms with Gasteiger partial charge in [0.1, 0.15) is 17.0 Å². The van der Waals surface area contributed by atoms with Crippen molar-refractivity contribution in [2.24, 2.45) is 0 Å². The Morgan fingerprint density at radius 3 is 2.88 bits per heavy atom. The van der Waals surface area contributed by atoms with E-state index >= 15 is 0 Å². The average Bonchev–Trinajstić information content (AvgIpc) is 3.09. The molecule has 3 rings (SSSR count). The Morgan fingerprint density at radius 1 is 1.44 bits per heavy atom. The molecule has 6 nitrogen and oxygen atoms in total. The fourth-order valence-corrected chi connectivity index (χ4v) is 4.27. The minimum atomic E-state index is -4.26. The molecule has 0 radical (unpaired) electrons. The molecular weight excluding hydrogens is 357 g/mol. The first kappa shape index (κ1) is 17.7. The predicted octanol–water partition coefficient (Wildman–Crippen LogP) is 3.42. The first-order valence-electron chi connectivity index (χ1n) is 7.75. The maximum absolute atomic E-state index is 12.6. The number of amides is 1. The molecule has 2 aromatic heterocycles. The minimum absolute atomic E-state index is 0.0703. The Balaban J connectivity index is 1.82. The van der Waals surface area contributed by atoms with Gasteiger partial charge in [-0.3, -0.25) is 0 Å². The summed E-state index contributed by atoms with van der Waals surface area (Å²) < 4.78 is 37.9. The normalized spacial score (nSPS) is 20.8. The third-order valence-corrected chi connectivity index (χ3v) is 5.39. The summed E-state index contributed by atoms with van der Waals surface area (Å²) in [4.78, 5) is 21.7. The molecule has 0 unspecified atom stereocenters. The van der Waals surface area contributed by atoms with Crippen LogP contribution < -0.4 is 10.2 Å². The lowest BCUT2D eigenvalue weighted by molar-refractivity contribution is -0.126. The molecule has 0 aromatic carbocycles. The Morgan fingerprint density at radius 2 is 2.20 bits per heavy atom. The van der Waals surface area contributed by atoms with E-state index in [1.807, 2.05) is 11.9 Å². The van der Waals surface area contributed by atoms with Gasteiger partial charge >= 0.3 is 12.3 Å². The van der Waals surface area contributed by atoms with Gasteiger partial charge in [0, 0.05) is 24.0 Å². The van der Waals surface area contributed by atoms with Gasteiger partial charge in [0.2, 0.25) is 0 Å². The number of halogens is 3. The van der Waals surface area contributed by atoms with Gasteiger partial charge in [0.25, 0.3) is 0 Å². The second-order valence-electron chi connectivity index (χ2n) is 6.14. The van der Waals surface area contributed by atoms with Crippen molar-refractivity contribution < 1.29 is 23.1 Å². The molecule has 2 heterocycles. The highest BCUT2D eigenvalue weighted by Crippen LogP contribution is 2.35. The van der Waals surface area contributed by atoms with Crippen LogP contribution in [0.4, 0.5) is 23.8 Å². The minimum Gasteiger partial charge on any atom is -0.465 e. The highest BCUT2D eigenvalue weighted by atomic mass is 32.1. The summed E-state index contributed by atoms with van der Waals surface area (Å²) in [5, 5.41) is 11.9. The SMILES string of the molecule is CN(c1ncnc2sc(CC(F)(F)F)cc12)[C@@H]1CC[C@H](NC(=O)O)C1. The van der Waals surface area contributed by atoms with Crippen LogP contribution in [0.25, 0.3) is 10.2 Å². The molecular formula is C15H17F3N4O2S. The molecule has 25 heavy (non-hydrogen) atoms. The summed E-state index contributed by atoms with van der Waals surface area (Å²) in [5.41, 5.74) is 0. The molecule has 0 bridgehead atoms. The fraction of sp³-hybridized carbons (Fsp3) is 0.533. The van der Waals surface area contributed by atoms with Crippen LogP contribution >= 0.6 is 11.3 Å². The van der Waals surface area contributed by atoms with Crippen LogP contribution in [0.1, 0.15) is 24.1 Å². The van der Waals surface area contributed by atoms with Crippen molar-refractivity contribution in [3.05, 3.63) is 17.3 Å². The van der Waals surface area contributed by atoms with Crippen LogP contribution in [0.3, 0.4) is 0 Å². The summed E-state index contributed by atoms with van der Waals surface area (Å²) in [5.74, 6) is 0.579. The van der Waals surface area contributed by atoms with Gasteiger partial charge in [-0.15, -0.1) is 11.3 Å². The molecule has 1 fully saturated rings. The second-order valence-corrected chi connectivity index (χ2v) is 7.26. The molecule has 10 heteroatoms. The van der Waals surface area contributed by atoms with Crippen molar-refractivity contribution in [3.63, 3.8) is 0 Å². The highest BCUT2D eigenvalue weighted by molar-refractivity contribution is 7.18. The van der Waals surface area contributed by atoms with Crippen molar-refractivity contribution in [2.75, 3.05) is 11.9 Å². The van der Waals surface area contributed by atoms with E-state index in [2.05, 4.69) is 15.3 Å². The van der Waals surface area contributed by atoms with E-state index in [0.29, 0.717) is 22.5 Å². The van der Waals surface area contributed by atoms with Crippen LogP contribution in [0.5, 0.6) is 0 Å². The molecule has 2 atom stereocenters.